The van der Waals surface area contributed by atoms with Crippen LogP contribution in [0.4, 0.5) is 0 Å². The zero-order valence-electron chi connectivity index (χ0n) is 7.62. The Kier molecular flexibility index (Phi) is 3.59. The van der Waals surface area contributed by atoms with Crippen molar-refractivity contribution in [3.05, 3.63) is 42.1 Å². The number of benzene rings is 1. The molecule has 0 saturated carbocycles. The first-order valence-corrected chi connectivity index (χ1v) is 4.27. The summed E-state index contributed by atoms with van der Waals surface area (Å²) in [5.74, 6) is 0. The molecular formula is C11H12N2. The van der Waals surface area contributed by atoms with E-state index in [1.807, 2.05) is 37.3 Å². The molecule has 0 aromatic heterocycles. The van der Waals surface area contributed by atoms with Crippen LogP contribution in [0.1, 0.15) is 12.5 Å². The molecule has 0 aliphatic carbocycles. The monoisotopic (exact) mass is 172 g/mol. The van der Waals surface area contributed by atoms with Crippen LogP contribution in [0.25, 0.3) is 5.57 Å². The molecule has 0 radical (unpaired) electrons. The van der Waals surface area contributed by atoms with Crippen LogP contribution in [0.15, 0.2) is 36.5 Å². The van der Waals surface area contributed by atoms with Crippen LogP contribution in [0.2, 0.25) is 0 Å². The van der Waals surface area contributed by atoms with Crippen LogP contribution >= 0.6 is 0 Å². The summed E-state index contributed by atoms with van der Waals surface area (Å²) in [4.78, 5) is 0. The topological polar surface area (TPSA) is 35.8 Å². The summed E-state index contributed by atoms with van der Waals surface area (Å²) in [6.45, 7) is 2.83. The van der Waals surface area contributed by atoms with Gasteiger partial charge >= 0.3 is 0 Å². The number of nitrogens with one attached hydrogen (secondary N) is 1. The molecule has 1 N–H and O–H groups in total. The molecular weight excluding hydrogens is 160 g/mol. The first-order chi connectivity index (χ1) is 6.38. The minimum absolute atomic E-state index is 0.669. The third-order valence-electron chi connectivity index (χ3n) is 1.66. The van der Waals surface area contributed by atoms with Gasteiger partial charge in [-0.15, -0.1) is 0 Å². The molecule has 13 heavy (non-hydrogen) atoms. The summed E-state index contributed by atoms with van der Waals surface area (Å²) < 4.78 is 0. The van der Waals surface area contributed by atoms with Gasteiger partial charge in [0.25, 0.3) is 0 Å². The van der Waals surface area contributed by atoms with Crippen molar-refractivity contribution in [2.75, 3.05) is 6.54 Å². The fourth-order valence-corrected chi connectivity index (χ4v) is 1.00. The molecule has 1 aromatic carbocycles. The average Bonchev–Trinajstić information content (AvgIpc) is 2.21. The Balaban J connectivity index is 2.87. The highest BCUT2D eigenvalue weighted by atomic mass is 14.8. The standard InChI is InChI=1S/C11H12N2/c1-2-13-9-11(8-12)10-6-4-3-5-7-10/h3-7,9,13H,2H2,1H3/b11-9-. The Hall–Kier alpha value is -1.75. The zero-order valence-corrected chi connectivity index (χ0v) is 7.62. The summed E-state index contributed by atoms with van der Waals surface area (Å²) >= 11 is 0. The van der Waals surface area contributed by atoms with Gasteiger partial charge in [-0.3, -0.25) is 0 Å². The molecule has 0 bridgehead atoms. The van der Waals surface area contributed by atoms with Gasteiger partial charge in [0, 0.05) is 12.7 Å². The van der Waals surface area contributed by atoms with Crippen molar-refractivity contribution in [2.24, 2.45) is 0 Å². The average molecular weight is 172 g/mol. The molecule has 0 heterocycles. The second kappa shape index (κ2) is 5.00. The summed E-state index contributed by atoms with van der Waals surface area (Å²) in [6.07, 6.45) is 1.75. The Morgan fingerprint density at radius 2 is 2.15 bits per heavy atom. The van der Waals surface area contributed by atoms with Crippen molar-refractivity contribution in [3.63, 3.8) is 0 Å². The van der Waals surface area contributed by atoms with Gasteiger partial charge in [0.15, 0.2) is 0 Å². The lowest BCUT2D eigenvalue weighted by Gasteiger charge is -1.98. The molecule has 0 fully saturated rings. The normalized spacial score (nSPS) is 10.6. The van der Waals surface area contributed by atoms with Gasteiger partial charge in [-0.25, -0.2) is 0 Å². The van der Waals surface area contributed by atoms with Crippen LogP contribution in [0.3, 0.4) is 0 Å². The van der Waals surface area contributed by atoms with E-state index in [0.29, 0.717) is 5.57 Å². The minimum atomic E-state index is 0.669. The first-order valence-electron chi connectivity index (χ1n) is 4.27. The lowest BCUT2D eigenvalue weighted by Crippen LogP contribution is -2.03. The van der Waals surface area contributed by atoms with E-state index in [-0.39, 0.29) is 0 Å². The number of hydrogen-bond donors (Lipinski definition) is 1. The van der Waals surface area contributed by atoms with E-state index in [0.717, 1.165) is 12.1 Å². The lowest BCUT2D eigenvalue weighted by atomic mass is 10.1. The maximum absolute atomic E-state index is 8.85. The van der Waals surface area contributed by atoms with Gasteiger partial charge in [-0.2, -0.15) is 5.26 Å². The van der Waals surface area contributed by atoms with Crippen molar-refractivity contribution in [1.29, 1.82) is 5.26 Å². The Morgan fingerprint density at radius 1 is 1.46 bits per heavy atom. The van der Waals surface area contributed by atoms with Crippen LogP contribution in [0, 0.1) is 11.3 Å². The number of rotatable bonds is 3. The molecule has 0 atom stereocenters. The maximum atomic E-state index is 8.85. The molecule has 0 aliphatic rings. The number of allylic oxidation sites excluding steroid dienone is 1. The van der Waals surface area contributed by atoms with Gasteiger partial charge in [0.05, 0.1) is 5.57 Å². The molecule has 1 aromatic rings. The smallest absolute Gasteiger partial charge is 0.101 e. The third-order valence-corrected chi connectivity index (χ3v) is 1.66. The van der Waals surface area contributed by atoms with Crippen molar-refractivity contribution >= 4 is 5.57 Å². The highest BCUT2D eigenvalue weighted by Crippen LogP contribution is 2.10. The van der Waals surface area contributed by atoms with E-state index >= 15 is 0 Å². The number of nitriles is 1. The highest BCUT2D eigenvalue weighted by molar-refractivity contribution is 5.76. The maximum Gasteiger partial charge on any atom is 0.101 e. The predicted molar refractivity (Wildman–Crippen MR) is 53.7 cm³/mol. The van der Waals surface area contributed by atoms with E-state index in [9.17, 15) is 0 Å². The predicted octanol–water partition coefficient (Wildman–Crippen LogP) is 2.16. The highest BCUT2D eigenvalue weighted by Gasteiger charge is 1.96. The van der Waals surface area contributed by atoms with Gasteiger partial charge in [0.2, 0.25) is 0 Å². The van der Waals surface area contributed by atoms with Crippen molar-refractivity contribution in [2.45, 2.75) is 6.92 Å². The zero-order chi connectivity index (χ0) is 9.52. The van der Waals surface area contributed by atoms with E-state index in [1.54, 1.807) is 6.20 Å². The second-order valence-corrected chi connectivity index (χ2v) is 2.59. The number of hydrogen-bond acceptors (Lipinski definition) is 2. The molecule has 1 rings (SSSR count). The lowest BCUT2D eigenvalue weighted by molar-refractivity contribution is 0.922. The Bertz CT molecular complexity index is 320. The fraction of sp³-hybridized carbons (Fsp3) is 0.182. The summed E-state index contributed by atoms with van der Waals surface area (Å²) in [6, 6.07) is 11.8. The Morgan fingerprint density at radius 3 is 2.69 bits per heavy atom. The van der Waals surface area contributed by atoms with Crippen LogP contribution in [0.5, 0.6) is 0 Å². The first kappa shape index (κ1) is 9.34. The summed E-state index contributed by atoms with van der Waals surface area (Å²) in [7, 11) is 0. The molecule has 0 aliphatic heterocycles. The van der Waals surface area contributed by atoms with Crippen molar-refractivity contribution < 1.29 is 0 Å². The molecule has 0 unspecified atom stereocenters. The van der Waals surface area contributed by atoms with Gasteiger partial charge in [0.1, 0.15) is 6.07 Å². The van der Waals surface area contributed by atoms with Gasteiger partial charge in [-0.05, 0) is 12.5 Å². The van der Waals surface area contributed by atoms with E-state index in [2.05, 4.69) is 11.4 Å². The SMILES string of the molecule is CCN/C=C(/C#N)c1ccccc1. The van der Waals surface area contributed by atoms with Gasteiger partial charge in [-0.1, -0.05) is 30.3 Å². The summed E-state index contributed by atoms with van der Waals surface area (Å²) in [5.41, 5.74) is 1.62. The number of nitrogens with zero attached hydrogens (tertiary/aromatic N) is 1. The Labute approximate surface area is 78.5 Å². The largest absolute Gasteiger partial charge is 0.390 e. The molecule has 0 saturated heterocycles. The molecule has 0 amide bonds. The van der Waals surface area contributed by atoms with Crippen LogP contribution in [-0.4, -0.2) is 6.54 Å². The molecule has 2 heteroatoms. The second-order valence-electron chi connectivity index (χ2n) is 2.59. The molecule has 2 nitrogen and oxygen atoms in total. The molecule has 66 valence electrons. The quantitative estimate of drug-likeness (QED) is 0.709. The van der Waals surface area contributed by atoms with Crippen LogP contribution in [-0.2, 0) is 0 Å². The molecule has 0 spiro atoms. The van der Waals surface area contributed by atoms with E-state index in [1.165, 1.54) is 0 Å². The van der Waals surface area contributed by atoms with Crippen molar-refractivity contribution in [3.8, 4) is 6.07 Å². The van der Waals surface area contributed by atoms with E-state index < -0.39 is 0 Å². The van der Waals surface area contributed by atoms with Crippen LogP contribution < -0.4 is 5.32 Å². The third kappa shape index (κ3) is 2.64. The van der Waals surface area contributed by atoms with Crippen molar-refractivity contribution in [1.82, 2.24) is 5.32 Å². The summed E-state index contributed by atoms with van der Waals surface area (Å²) in [5, 5.41) is 11.9. The fourth-order valence-electron chi connectivity index (χ4n) is 1.00. The van der Waals surface area contributed by atoms with E-state index in [4.69, 9.17) is 5.26 Å². The minimum Gasteiger partial charge on any atom is -0.390 e. The van der Waals surface area contributed by atoms with Gasteiger partial charge < -0.3 is 5.32 Å².